The summed E-state index contributed by atoms with van der Waals surface area (Å²) in [5.74, 6) is -0.273. The van der Waals surface area contributed by atoms with Gasteiger partial charge in [-0.05, 0) is 60.2 Å². The van der Waals surface area contributed by atoms with E-state index < -0.39 is 22.3 Å². The average Bonchev–Trinajstić information content (AvgIpc) is 3.53. The minimum atomic E-state index is -4.09. The molecule has 4 N–H and O–H groups in total. The number of fused-ring (bicyclic) bond motifs is 1. The van der Waals surface area contributed by atoms with E-state index in [1.54, 1.807) is 0 Å². The van der Waals surface area contributed by atoms with E-state index in [2.05, 4.69) is 24.4 Å². The third-order valence-corrected chi connectivity index (χ3v) is 8.47. The van der Waals surface area contributed by atoms with Crippen LogP contribution < -0.4 is 10.5 Å². The van der Waals surface area contributed by atoms with Crippen LogP contribution in [0.1, 0.15) is 50.8 Å². The number of anilines is 1. The van der Waals surface area contributed by atoms with Crippen LogP contribution in [0.3, 0.4) is 0 Å². The SMILES string of the molecule is CN1Cc2ccc(Cl)cc2C1c1csc(C(=O)c2cncnc2N[C@@H]2C[C@H](COS(N)(=O)=O)[C@@H](O)C2)c1. The number of aromatic nitrogens is 2. The highest BCUT2D eigenvalue weighted by atomic mass is 35.5. The first-order valence-electron chi connectivity index (χ1n) is 11.6. The molecule has 1 aromatic carbocycles. The largest absolute Gasteiger partial charge is 0.393 e. The van der Waals surface area contributed by atoms with Crippen molar-refractivity contribution in [3.05, 3.63) is 74.3 Å². The zero-order valence-electron chi connectivity index (χ0n) is 19.9. The van der Waals surface area contributed by atoms with E-state index in [1.165, 1.54) is 29.4 Å². The van der Waals surface area contributed by atoms with Gasteiger partial charge in [-0.1, -0.05) is 17.7 Å². The Morgan fingerprint density at radius 3 is 2.95 bits per heavy atom. The average molecular weight is 564 g/mol. The summed E-state index contributed by atoms with van der Waals surface area (Å²) in [4.78, 5) is 24.6. The number of hydrogen-bond acceptors (Lipinski definition) is 10. The topological polar surface area (TPSA) is 148 Å². The number of nitrogens with one attached hydrogen (secondary N) is 1. The first kappa shape index (κ1) is 26.2. The molecule has 1 unspecified atom stereocenters. The molecule has 3 heterocycles. The highest BCUT2D eigenvalue weighted by molar-refractivity contribution is 7.84. The molecule has 1 saturated carbocycles. The number of carbonyl (C=O) groups is 1. The van der Waals surface area contributed by atoms with E-state index in [0.717, 1.165) is 17.7 Å². The van der Waals surface area contributed by atoms with Crippen LogP contribution >= 0.6 is 22.9 Å². The molecule has 0 saturated heterocycles. The maximum Gasteiger partial charge on any atom is 0.333 e. The lowest BCUT2D eigenvalue weighted by Crippen LogP contribution is -2.24. The second-order valence-corrected chi connectivity index (χ2v) is 12.0. The predicted octanol–water partition coefficient (Wildman–Crippen LogP) is 2.73. The zero-order chi connectivity index (χ0) is 26.3. The molecule has 1 aliphatic carbocycles. The lowest BCUT2D eigenvalue weighted by Gasteiger charge is -2.19. The van der Waals surface area contributed by atoms with Crippen LogP contribution in [0, 0.1) is 5.92 Å². The number of benzene rings is 1. The smallest absolute Gasteiger partial charge is 0.333 e. The maximum absolute atomic E-state index is 13.5. The molecule has 0 spiro atoms. The highest BCUT2D eigenvalue weighted by Crippen LogP contribution is 2.40. The van der Waals surface area contributed by atoms with E-state index in [0.29, 0.717) is 34.1 Å². The van der Waals surface area contributed by atoms with E-state index in [9.17, 15) is 18.3 Å². The lowest BCUT2D eigenvalue weighted by molar-refractivity contribution is 0.101. The maximum atomic E-state index is 13.5. The molecule has 0 radical (unpaired) electrons. The van der Waals surface area contributed by atoms with Crippen LogP contribution in [0.5, 0.6) is 0 Å². The Morgan fingerprint density at radius 2 is 2.16 bits per heavy atom. The number of aliphatic hydroxyl groups excluding tert-OH is 1. The number of ketones is 1. The molecule has 2 aliphatic rings. The summed E-state index contributed by atoms with van der Waals surface area (Å²) in [6.45, 7) is 0.586. The van der Waals surface area contributed by atoms with Crippen molar-refractivity contribution < 1.29 is 22.5 Å². The van der Waals surface area contributed by atoms with Gasteiger partial charge in [0.25, 0.3) is 0 Å². The monoisotopic (exact) mass is 563 g/mol. The van der Waals surface area contributed by atoms with Crippen LogP contribution in [-0.2, 0) is 21.0 Å². The van der Waals surface area contributed by atoms with E-state index in [-0.39, 0.29) is 24.5 Å². The number of thiophene rings is 1. The van der Waals surface area contributed by atoms with Crippen LogP contribution in [0.25, 0.3) is 0 Å². The number of carbonyl (C=O) groups excluding carboxylic acids is 1. The molecule has 196 valence electrons. The Morgan fingerprint density at radius 1 is 1.35 bits per heavy atom. The second-order valence-electron chi connectivity index (χ2n) is 9.44. The van der Waals surface area contributed by atoms with Crippen LogP contribution in [0.15, 0.2) is 42.2 Å². The Balaban J connectivity index is 1.32. The Hall–Kier alpha value is -2.45. The van der Waals surface area contributed by atoms with Gasteiger partial charge in [-0.2, -0.15) is 8.42 Å². The quantitative estimate of drug-likeness (QED) is 0.352. The van der Waals surface area contributed by atoms with Crippen molar-refractivity contribution >= 4 is 44.8 Å². The summed E-state index contributed by atoms with van der Waals surface area (Å²) in [6, 6.07) is 7.58. The standard InChI is InChI=1S/C24H26ClN5O5S2/c1-30-9-13-2-3-16(25)6-18(13)22(30)15-5-21(36-11-15)23(32)19-8-27-12-28-24(19)29-17-4-14(20(31)7-17)10-35-37(26,33)34/h2-3,5-6,8,11-12,14,17,20,22,31H,4,7,9-10H2,1H3,(H2,26,33,34)(H,27,28,29)/t14-,17-,20+,22?/m1/s1. The van der Waals surface area contributed by atoms with Crippen molar-refractivity contribution in [3.63, 3.8) is 0 Å². The molecular formula is C24H26ClN5O5S2. The van der Waals surface area contributed by atoms with Gasteiger partial charge in [0, 0.05) is 29.7 Å². The second kappa shape index (κ2) is 10.4. The number of aliphatic hydroxyl groups is 1. The van der Waals surface area contributed by atoms with Gasteiger partial charge in [0.05, 0.1) is 29.2 Å². The Kier molecular flexibility index (Phi) is 7.33. The van der Waals surface area contributed by atoms with Gasteiger partial charge >= 0.3 is 10.3 Å². The number of hydrogen-bond donors (Lipinski definition) is 3. The minimum Gasteiger partial charge on any atom is -0.393 e. The molecule has 4 atom stereocenters. The van der Waals surface area contributed by atoms with Gasteiger partial charge in [0.2, 0.25) is 5.78 Å². The molecule has 0 amide bonds. The predicted molar refractivity (Wildman–Crippen MR) is 140 cm³/mol. The molecule has 13 heteroatoms. The zero-order valence-corrected chi connectivity index (χ0v) is 22.3. The Bertz CT molecular complexity index is 1430. The molecular weight excluding hydrogens is 538 g/mol. The van der Waals surface area contributed by atoms with Gasteiger partial charge < -0.3 is 10.4 Å². The molecule has 10 nitrogen and oxygen atoms in total. The summed E-state index contributed by atoms with van der Waals surface area (Å²) >= 11 is 7.62. The molecule has 2 aromatic heterocycles. The fraction of sp³-hybridized carbons (Fsp3) is 0.375. The van der Waals surface area contributed by atoms with E-state index in [1.807, 2.05) is 36.7 Å². The van der Waals surface area contributed by atoms with E-state index in [4.69, 9.17) is 16.7 Å². The van der Waals surface area contributed by atoms with Gasteiger partial charge in [-0.25, -0.2) is 15.1 Å². The van der Waals surface area contributed by atoms with E-state index >= 15 is 0 Å². The molecule has 1 aliphatic heterocycles. The summed E-state index contributed by atoms with van der Waals surface area (Å²) in [5.41, 5.74) is 3.68. The first-order chi connectivity index (χ1) is 17.6. The Labute approximate surface area is 223 Å². The van der Waals surface area contributed by atoms with Crippen molar-refractivity contribution in [2.75, 3.05) is 19.0 Å². The molecule has 5 rings (SSSR count). The summed E-state index contributed by atoms with van der Waals surface area (Å²) in [5, 5.41) is 21.1. The molecule has 3 aromatic rings. The van der Waals surface area contributed by atoms with Crippen LogP contribution in [0.2, 0.25) is 5.02 Å². The highest BCUT2D eigenvalue weighted by Gasteiger charge is 2.35. The van der Waals surface area contributed by atoms with Crippen LogP contribution in [-0.4, -0.2) is 60.0 Å². The van der Waals surface area contributed by atoms with Crippen molar-refractivity contribution in [1.29, 1.82) is 0 Å². The number of nitrogens with zero attached hydrogens (tertiary/aromatic N) is 3. The molecule has 37 heavy (non-hydrogen) atoms. The van der Waals surface area contributed by atoms with Crippen molar-refractivity contribution in [2.45, 2.75) is 37.6 Å². The third kappa shape index (κ3) is 5.70. The molecule has 0 bridgehead atoms. The normalized spacial score (nSPS) is 23.8. The van der Waals surface area contributed by atoms with Crippen molar-refractivity contribution in [3.8, 4) is 0 Å². The van der Waals surface area contributed by atoms with Gasteiger partial charge in [0.1, 0.15) is 12.1 Å². The summed E-state index contributed by atoms with van der Waals surface area (Å²) in [6.07, 6.45) is 2.81. The number of halogens is 1. The number of nitrogens with two attached hydrogens (primary N) is 1. The fourth-order valence-electron chi connectivity index (χ4n) is 5.13. The third-order valence-electron chi connectivity index (χ3n) is 6.82. The van der Waals surface area contributed by atoms with Crippen molar-refractivity contribution in [1.82, 2.24) is 14.9 Å². The number of rotatable bonds is 8. The fourth-order valence-corrected chi connectivity index (χ4v) is 6.55. The minimum absolute atomic E-state index is 0.00702. The van der Waals surface area contributed by atoms with Gasteiger partial charge in [-0.15, -0.1) is 11.3 Å². The van der Waals surface area contributed by atoms with Gasteiger partial charge in [-0.3, -0.25) is 13.9 Å². The lowest BCUT2D eigenvalue weighted by atomic mass is 9.99. The van der Waals surface area contributed by atoms with Crippen LogP contribution in [0.4, 0.5) is 5.82 Å². The summed E-state index contributed by atoms with van der Waals surface area (Å²) < 4.78 is 26.9. The first-order valence-corrected chi connectivity index (χ1v) is 14.4. The molecule has 1 fully saturated rings. The summed E-state index contributed by atoms with van der Waals surface area (Å²) in [7, 11) is -2.05. The van der Waals surface area contributed by atoms with Gasteiger partial charge in [0.15, 0.2) is 0 Å². The van der Waals surface area contributed by atoms with Crippen molar-refractivity contribution in [2.24, 2.45) is 11.1 Å².